The van der Waals surface area contributed by atoms with E-state index in [0.29, 0.717) is 25.0 Å². The molecule has 158 valence electrons. The molecule has 1 fully saturated rings. The third-order valence-electron chi connectivity index (χ3n) is 4.61. The fraction of sp³-hybridized carbons (Fsp3) is 0.412. The second-order valence-corrected chi connectivity index (χ2v) is 6.83. The second kappa shape index (κ2) is 6.92. The van der Waals surface area contributed by atoms with Crippen LogP contribution in [0.25, 0.3) is 0 Å². The molecule has 0 saturated heterocycles. The zero-order valence-electron chi connectivity index (χ0n) is 14.6. The van der Waals surface area contributed by atoms with Gasteiger partial charge in [-0.05, 0) is 36.5 Å². The second-order valence-electron chi connectivity index (χ2n) is 6.83. The van der Waals surface area contributed by atoms with Crippen LogP contribution in [0.3, 0.4) is 0 Å². The molecule has 2 aromatic rings. The van der Waals surface area contributed by atoms with Gasteiger partial charge in [-0.3, -0.25) is 4.79 Å². The minimum atomic E-state index is -4.90. The summed E-state index contributed by atoms with van der Waals surface area (Å²) in [6, 6.07) is 1.28. The van der Waals surface area contributed by atoms with Gasteiger partial charge in [-0.1, -0.05) is 6.07 Å². The van der Waals surface area contributed by atoms with Gasteiger partial charge in [0.15, 0.2) is 0 Å². The van der Waals surface area contributed by atoms with E-state index in [1.807, 2.05) is 0 Å². The zero-order valence-corrected chi connectivity index (χ0v) is 14.6. The highest BCUT2D eigenvalue weighted by Gasteiger charge is 2.40. The van der Waals surface area contributed by atoms with E-state index in [4.69, 9.17) is 11.5 Å². The molecule has 1 aliphatic carbocycles. The van der Waals surface area contributed by atoms with E-state index in [9.17, 15) is 35.5 Å². The summed E-state index contributed by atoms with van der Waals surface area (Å²) in [4.78, 5) is 11.6. The van der Waals surface area contributed by atoms with Gasteiger partial charge in [-0.15, -0.1) is 0 Å². The number of rotatable bonds is 5. The molecule has 1 heterocycles. The smallest absolute Gasteiger partial charge is 0.383 e. The molecule has 0 aliphatic heterocycles. The number of hydrogen-bond donors (Lipinski definition) is 2. The number of nitrogen functional groups attached to an aromatic ring is 1. The number of anilines is 1. The van der Waals surface area contributed by atoms with Crippen LogP contribution >= 0.6 is 0 Å². The standard InChI is InChI=1S/C17H15F7N4O/c18-10-5-8(3-4-9(10)17(22,23)24)13(7-1-2-7)28-14(25)12(15(26)29)11(27-28)6-16(19,20)21/h3-5,7,13H,1-2,6,25H2,(H2,26,29). The summed E-state index contributed by atoms with van der Waals surface area (Å²) in [6.07, 6.45) is -10.0. The monoisotopic (exact) mass is 424 g/mol. The molecule has 0 spiro atoms. The predicted molar refractivity (Wildman–Crippen MR) is 87.2 cm³/mol. The molecule has 1 aromatic heterocycles. The van der Waals surface area contributed by atoms with Crippen LogP contribution in [0.2, 0.25) is 0 Å². The number of hydrogen-bond acceptors (Lipinski definition) is 3. The molecular formula is C17H15F7N4O. The molecule has 4 N–H and O–H groups in total. The lowest BCUT2D eigenvalue weighted by Crippen LogP contribution is -2.19. The molecular weight excluding hydrogens is 409 g/mol. The molecule has 3 rings (SSSR count). The van der Waals surface area contributed by atoms with Crippen LogP contribution in [0.1, 0.15) is 46.1 Å². The van der Waals surface area contributed by atoms with Crippen molar-refractivity contribution in [2.75, 3.05) is 5.73 Å². The Labute approximate surface area is 159 Å². The van der Waals surface area contributed by atoms with Crippen molar-refractivity contribution < 1.29 is 35.5 Å². The number of amides is 1. The summed E-state index contributed by atoms with van der Waals surface area (Å²) in [5, 5.41) is 3.78. The summed E-state index contributed by atoms with van der Waals surface area (Å²) < 4.78 is 91.9. The van der Waals surface area contributed by atoms with Crippen molar-refractivity contribution in [2.45, 2.75) is 37.7 Å². The van der Waals surface area contributed by atoms with E-state index in [1.165, 1.54) is 0 Å². The highest BCUT2D eigenvalue weighted by atomic mass is 19.4. The van der Waals surface area contributed by atoms with Gasteiger partial charge < -0.3 is 11.5 Å². The number of carbonyl (C=O) groups is 1. The number of primary amides is 1. The summed E-state index contributed by atoms with van der Waals surface area (Å²) in [5.74, 6) is -3.44. The highest BCUT2D eigenvalue weighted by Crippen LogP contribution is 2.45. The van der Waals surface area contributed by atoms with Gasteiger partial charge in [0.1, 0.15) is 17.2 Å². The first-order valence-corrected chi connectivity index (χ1v) is 8.39. The van der Waals surface area contributed by atoms with E-state index in [2.05, 4.69) is 5.10 Å². The number of nitrogens with two attached hydrogens (primary N) is 2. The molecule has 0 bridgehead atoms. The van der Waals surface area contributed by atoms with Crippen molar-refractivity contribution in [3.63, 3.8) is 0 Å². The van der Waals surface area contributed by atoms with Gasteiger partial charge in [0.2, 0.25) is 0 Å². The number of aromatic nitrogens is 2. The van der Waals surface area contributed by atoms with Crippen molar-refractivity contribution in [3.8, 4) is 0 Å². The minimum absolute atomic E-state index is 0.0433. The Morgan fingerprint density at radius 3 is 2.28 bits per heavy atom. The quantitative estimate of drug-likeness (QED) is 0.716. The Morgan fingerprint density at radius 2 is 1.83 bits per heavy atom. The third kappa shape index (κ3) is 4.30. The van der Waals surface area contributed by atoms with Crippen molar-refractivity contribution in [3.05, 3.63) is 46.4 Å². The summed E-state index contributed by atoms with van der Waals surface area (Å²) in [5.41, 5.74) is 8.24. The Hall–Kier alpha value is -2.79. The Balaban J connectivity index is 2.10. The zero-order chi connectivity index (χ0) is 21.7. The van der Waals surface area contributed by atoms with Gasteiger partial charge in [-0.25, -0.2) is 9.07 Å². The average Bonchev–Trinajstić information content (AvgIpc) is 3.30. The van der Waals surface area contributed by atoms with Crippen molar-refractivity contribution in [2.24, 2.45) is 11.7 Å². The van der Waals surface area contributed by atoms with Gasteiger partial charge >= 0.3 is 12.4 Å². The van der Waals surface area contributed by atoms with Crippen molar-refractivity contribution in [1.82, 2.24) is 9.78 Å². The van der Waals surface area contributed by atoms with E-state index in [0.717, 1.165) is 10.7 Å². The van der Waals surface area contributed by atoms with Gasteiger partial charge in [0, 0.05) is 0 Å². The first-order chi connectivity index (χ1) is 13.3. The molecule has 0 radical (unpaired) electrons. The molecule has 5 nitrogen and oxygen atoms in total. The van der Waals surface area contributed by atoms with E-state index in [1.54, 1.807) is 0 Å². The lowest BCUT2D eigenvalue weighted by Gasteiger charge is -2.20. The first kappa shape index (κ1) is 20.9. The normalized spacial score (nSPS) is 16.1. The number of benzene rings is 1. The van der Waals surface area contributed by atoms with Crippen LogP contribution in [0.5, 0.6) is 0 Å². The molecule has 1 atom stereocenters. The Bertz CT molecular complexity index is 944. The molecule has 1 amide bonds. The maximum Gasteiger partial charge on any atom is 0.419 e. The maximum absolute atomic E-state index is 14.0. The molecule has 12 heteroatoms. The van der Waals surface area contributed by atoms with Crippen LogP contribution in [0, 0.1) is 11.7 Å². The fourth-order valence-electron chi connectivity index (χ4n) is 3.26. The number of carbonyl (C=O) groups excluding carboxylic acids is 1. The predicted octanol–water partition coefficient (Wildman–Crippen LogP) is 3.83. The topological polar surface area (TPSA) is 86.9 Å². The molecule has 1 saturated carbocycles. The maximum atomic E-state index is 14.0. The van der Waals surface area contributed by atoms with Crippen LogP contribution in [0.15, 0.2) is 18.2 Å². The van der Waals surface area contributed by atoms with Crippen LogP contribution in [-0.2, 0) is 12.6 Å². The molecule has 1 unspecified atom stereocenters. The van der Waals surface area contributed by atoms with Gasteiger partial charge in [0.05, 0.1) is 23.7 Å². The minimum Gasteiger partial charge on any atom is -0.383 e. The number of alkyl halides is 6. The van der Waals surface area contributed by atoms with E-state index >= 15 is 0 Å². The lowest BCUT2D eigenvalue weighted by atomic mass is 10.00. The van der Waals surface area contributed by atoms with Crippen molar-refractivity contribution >= 4 is 11.7 Å². The van der Waals surface area contributed by atoms with Crippen LogP contribution < -0.4 is 11.5 Å². The summed E-state index contributed by atoms with van der Waals surface area (Å²) >= 11 is 0. The van der Waals surface area contributed by atoms with Gasteiger partial charge in [0.25, 0.3) is 5.91 Å². The number of halogens is 7. The Kier molecular flexibility index (Phi) is 4.99. The SMILES string of the molecule is NC(=O)c1c(CC(F)(F)F)nn(C(c2ccc(C(F)(F)F)c(F)c2)C2CC2)c1N. The lowest BCUT2D eigenvalue weighted by molar-refractivity contribution is -0.140. The third-order valence-corrected chi connectivity index (χ3v) is 4.61. The first-order valence-electron chi connectivity index (χ1n) is 8.39. The van der Waals surface area contributed by atoms with Crippen molar-refractivity contribution in [1.29, 1.82) is 0 Å². The fourth-order valence-corrected chi connectivity index (χ4v) is 3.26. The number of nitrogens with zero attached hydrogens (tertiary/aromatic N) is 2. The average molecular weight is 424 g/mol. The van der Waals surface area contributed by atoms with Crippen LogP contribution in [0.4, 0.5) is 36.6 Å². The Morgan fingerprint density at radius 1 is 1.21 bits per heavy atom. The molecule has 29 heavy (non-hydrogen) atoms. The highest BCUT2D eigenvalue weighted by molar-refractivity contribution is 5.98. The van der Waals surface area contributed by atoms with Crippen LogP contribution in [-0.4, -0.2) is 21.9 Å². The van der Waals surface area contributed by atoms with Gasteiger partial charge in [-0.2, -0.15) is 31.4 Å². The summed E-state index contributed by atoms with van der Waals surface area (Å²) in [6.45, 7) is 0. The molecule has 1 aliphatic rings. The van der Waals surface area contributed by atoms with E-state index < -0.39 is 59.2 Å². The summed E-state index contributed by atoms with van der Waals surface area (Å²) in [7, 11) is 0. The molecule has 1 aromatic carbocycles. The largest absolute Gasteiger partial charge is 0.419 e. The van der Waals surface area contributed by atoms with E-state index in [-0.39, 0.29) is 11.5 Å².